The topological polar surface area (TPSA) is 69.7 Å². The van der Waals surface area contributed by atoms with Crippen LogP contribution < -0.4 is 5.32 Å². The van der Waals surface area contributed by atoms with E-state index >= 15 is 0 Å². The van der Waals surface area contributed by atoms with E-state index in [1.54, 1.807) is 30.0 Å². The molecule has 1 saturated carbocycles. The minimum absolute atomic E-state index is 0.0323. The highest BCUT2D eigenvalue weighted by Gasteiger charge is 2.50. The summed E-state index contributed by atoms with van der Waals surface area (Å²) in [5, 5.41) is 3.36. The van der Waals surface area contributed by atoms with Crippen LogP contribution in [0.25, 0.3) is 0 Å². The third-order valence-electron chi connectivity index (χ3n) is 6.38. The van der Waals surface area contributed by atoms with Crippen molar-refractivity contribution in [1.29, 1.82) is 0 Å². The quantitative estimate of drug-likeness (QED) is 0.597. The van der Waals surface area contributed by atoms with Gasteiger partial charge in [-0.3, -0.25) is 14.5 Å². The van der Waals surface area contributed by atoms with Gasteiger partial charge >= 0.3 is 6.03 Å². The molecule has 2 fully saturated rings. The Morgan fingerprint density at radius 3 is 2.47 bits per heavy atom. The van der Waals surface area contributed by atoms with Gasteiger partial charge in [0.25, 0.3) is 5.91 Å². The van der Waals surface area contributed by atoms with Crippen LogP contribution in [0.3, 0.4) is 0 Å². The lowest BCUT2D eigenvalue weighted by molar-refractivity contribution is -0.140. The fourth-order valence-corrected chi connectivity index (χ4v) is 4.44. The SMILES string of the molecule is CC(C1CC1)N(Cc1ccccc1)C(=O)CN1C(=O)NC(C)(c2ccc(Cl)c(Cl)c2)C1=O. The number of nitrogens with one attached hydrogen (secondary N) is 1. The fraction of sp³-hybridized carbons (Fsp3) is 0.375. The van der Waals surface area contributed by atoms with Crippen LogP contribution in [0.2, 0.25) is 10.0 Å². The largest absolute Gasteiger partial charge is 0.334 e. The van der Waals surface area contributed by atoms with Crippen molar-refractivity contribution in [3.05, 3.63) is 69.7 Å². The fourth-order valence-electron chi connectivity index (χ4n) is 4.14. The van der Waals surface area contributed by atoms with E-state index in [1.165, 1.54) is 0 Å². The molecular formula is C24H25Cl2N3O3. The first-order chi connectivity index (χ1) is 15.2. The number of rotatable bonds is 7. The monoisotopic (exact) mass is 473 g/mol. The molecule has 1 N–H and O–H groups in total. The zero-order chi connectivity index (χ0) is 23.0. The Kier molecular flexibility index (Phi) is 6.19. The second kappa shape index (κ2) is 8.75. The molecule has 1 aliphatic carbocycles. The smallest absolute Gasteiger partial charge is 0.325 e. The molecule has 2 aliphatic rings. The lowest BCUT2D eigenvalue weighted by Gasteiger charge is -2.31. The highest BCUT2D eigenvalue weighted by molar-refractivity contribution is 6.42. The van der Waals surface area contributed by atoms with E-state index in [4.69, 9.17) is 23.2 Å². The number of nitrogens with zero attached hydrogens (tertiary/aromatic N) is 2. The predicted octanol–water partition coefficient (Wildman–Crippen LogP) is 4.59. The van der Waals surface area contributed by atoms with Crippen molar-refractivity contribution in [1.82, 2.24) is 15.1 Å². The van der Waals surface area contributed by atoms with Crippen LogP contribution in [0.1, 0.15) is 37.8 Å². The average molecular weight is 474 g/mol. The molecule has 1 heterocycles. The van der Waals surface area contributed by atoms with Crippen LogP contribution in [-0.4, -0.2) is 40.2 Å². The maximum atomic E-state index is 13.3. The van der Waals surface area contributed by atoms with Gasteiger partial charge in [0, 0.05) is 12.6 Å². The summed E-state index contributed by atoms with van der Waals surface area (Å²) in [5.41, 5.74) is 0.191. The van der Waals surface area contributed by atoms with E-state index < -0.39 is 17.5 Å². The minimum Gasteiger partial charge on any atom is -0.334 e. The summed E-state index contributed by atoms with van der Waals surface area (Å²) in [6, 6.07) is 13.9. The van der Waals surface area contributed by atoms with Gasteiger partial charge in [-0.25, -0.2) is 4.79 Å². The van der Waals surface area contributed by atoms with Gasteiger partial charge in [0.1, 0.15) is 12.1 Å². The average Bonchev–Trinajstić information content (AvgIpc) is 3.59. The van der Waals surface area contributed by atoms with Crippen molar-refractivity contribution in [2.24, 2.45) is 5.92 Å². The predicted molar refractivity (Wildman–Crippen MR) is 123 cm³/mol. The summed E-state index contributed by atoms with van der Waals surface area (Å²) < 4.78 is 0. The zero-order valence-corrected chi connectivity index (χ0v) is 19.5. The van der Waals surface area contributed by atoms with Crippen LogP contribution in [0.15, 0.2) is 48.5 Å². The molecule has 2 aromatic rings. The number of carbonyl (C=O) groups is 3. The molecule has 2 unspecified atom stereocenters. The number of hydrogen-bond donors (Lipinski definition) is 1. The molecule has 4 rings (SSSR count). The highest BCUT2D eigenvalue weighted by Crippen LogP contribution is 2.36. The molecule has 0 aromatic heterocycles. The van der Waals surface area contributed by atoms with Crippen LogP contribution in [0.5, 0.6) is 0 Å². The van der Waals surface area contributed by atoms with Gasteiger partial charge < -0.3 is 10.2 Å². The van der Waals surface area contributed by atoms with Crippen LogP contribution in [0.4, 0.5) is 4.79 Å². The Morgan fingerprint density at radius 2 is 1.84 bits per heavy atom. The lowest BCUT2D eigenvalue weighted by Crippen LogP contribution is -2.47. The van der Waals surface area contributed by atoms with E-state index in [9.17, 15) is 14.4 Å². The Balaban J connectivity index is 1.54. The molecule has 1 aliphatic heterocycles. The number of imide groups is 1. The van der Waals surface area contributed by atoms with E-state index in [1.807, 2.05) is 37.3 Å². The molecule has 0 spiro atoms. The van der Waals surface area contributed by atoms with Gasteiger partial charge in [-0.2, -0.15) is 0 Å². The molecule has 8 heteroatoms. The summed E-state index contributed by atoms with van der Waals surface area (Å²) in [4.78, 5) is 42.1. The van der Waals surface area contributed by atoms with Gasteiger partial charge in [0.2, 0.25) is 5.91 Å². The highest BCUT2D eigenvalue weighted by atomic mass is 35.5. The number of benzene rings is 2. The minimum atomic E-state index is -1.32. The number of urea groups is 1. The Labute approximate surface area is 197 Å². The molecule has 32 heavy (non-hydrogen) atoms. The summed E-state index contributed by atoms with van der Waals surface area (Å²) in [6.07, 6.45) is 2.16. The number of carbonyl (C=O) groups excluding carboxylic acids is 3. The van der Waals surface area contributed by atoms with Gasteiger partial charge in [0.15, 0.2) is 0 Å². The van der Waals surface area contributed by atoms with Crippen LogP contribution >= 0.6 is 23.2 Å². The maximum absolute atomic E-state index is 13.3. The van der Waals surface area contributed by atoms with E-state index in [0.717, 1.165) is 23.3 Å². The Morgan fingerprint density at radius 1 is 1.16 bits per heavy atom. The standard InChI is InChI=1S/C24H25Cl2N3O3/c1-15(17-8-9-17)28(13-16-6-4-3-5-7-16)21(30)14-29-22(31)24(2,27-23(29)32)18-10-11-19(25)20(26)12-18/h3-7,10-12,15,17H,8-9,13-14H2,1-2H3,(H,27,32). The molecule has 2 aromatic carbocycles. The van der Waals surface area contributed by atoms with Crippen molar-refractivity contribution in [2.45, 2.75) is 44.8 Å². The second-order valence-corrected chi connectivity index (χ2v) is 9.48. The van der Waals surface area contributed by atoms with E-state index in [2.05, 4.69) is 5.32 Å². The first-order valence-electron chi connectivity index (χ1n) is 10.6. The summed E-state index contributed by atoms with van der Waals surface area (Å²) in [7, 11) is 0. The molecule has 4 amide bonds. The van der Waals surface area contributed by atoms with Crippen molar-refractivity contribution < 1.29 is 14.4 Å². The van der Waals surface area contributed by atoms with Gasteiger partial charge in [-0.15, -0.1) is 0 Å². The summed E-state index contributed by atoms with van der Waals surface area (Å²) in [6.45, 7) is 3.76. The third kappa shape index (κ3) is 4.34. The van der Waals surface area contributed by atoms with Gasteiger partial charge in [0.05, 0.1) is 10.0 Å². The van der Waals surface area contributed by atoms with Crippen molar-refractivity contribution >= 4 is 41.0 Å². The zero-order valence-electron chi connectivity index (χ0n) is 18.0. The lowest BCUT2D eigenvalue weighted by atomic mass is 9.92. The van der Waals surface area contributed by atoms with E-state index in [0.29, 0.717) is 23.0 Å². The van der Waals surface area contributed by atoms with E-state index in [-0.39, 0.29) is 23.5 Å². The molecule has 168 valence electrons. The molecule has 6 nitrogen and oxygen atoms in total. The molecule has 0 radical (unpaired) electrons. The van der Waals surface area contributed by atoms with Crippen molar-refractivity contribution in [2.75, 3.05) is 6.54 Å². The second-order valence-electron chi connectivity index (χ2n) is 8.66. The van der Waals surface area contributed by atoms with Crippen LogP contribution in [-0.2, 0) is 21.7 Å². The van der Waals surface area contributed by atoms with Crippen molar-refractivity contribution in [3.63, 3.8) is 0 Å². The molecule has 0 bridgehead atoms. The molecule has 1 saturated heterocycles. The third-order valence-corrected chi connectivity index (χ3v) is 7.12. The first-order valence-corrected chi connectivity index (χ1v) is 11.4. The van der Waals surface area contributed by atoms with Gasteiger partial charge in [-0.1, -0.05) is 59.6 Å². The number of halogens is 2. The van der Waals surface area contributed by atoms with Crippen LogP contribution in [0, 0.1) is 5.92 Å². The normalized spacial score (nSPS) is 21.4. The van der Waals surface area contributed by atoms with Crippen molar-refractivity contribution in [3.8, 4) is 0 Å². The Bertz CT molecular complexity index is 1060. The molecular weight excluding hydrogens is 449 g/mol. The number of amides is 4. The maximum Gasteiger partial charge on any atom is 0.325 e. The molecule has 2 atom stereocenters. The number of hydrogen-bond acceptors (Lipinski definition) is 3. The Hall–Kier alpha value is -2.57. The summed E-state index contributed by atoms with van der Waals surface area (Å²) >= 11 is 12.1. The summed E-state index contributed by atoms with van der Waals surface area (Å²) in [5.74, 6) is -0.296. The van der Waals surface area contributed by atoms with Gasteiger partial charge in [-0.05, 0) is 55.9 Å². The first kappa shape index (κ1) is 22.6.